The molecule has 2 aromatic carbocycles. The van der Waals surface area contributed by atoms with E-state index in [1.165, 1.54) is 5.56 Å². The number of amidine groups is 1. The third kappa shape index (κ3) is 3.65. The molecule has 2 aromatic rings. The summed E-state index contributed by atoms with van der Waals surface area (Å²) >= 11 is 0. The normalized spacial score (nSPS) is 13.5. The largest absolute Gasteiger partial charge is 0.331 e. The monoisotopic (exact) mass is 321 g/mol. The Bertz CT molecular complexity index is 767. The molecule has 0 spiro atoms. The molecule has 0 unspecified atom stereocenters. The minimum atomic E-state index is -0.158. The first-order valence-corrected chi connectivity index (χ1v) is 8.47. The molecule has 4 heteroatoms. The van der Waals surface area contributed by atoms with Crippen LogP contribution in [-0.2, 0) is 6.42 Å². The maximum Gasteiger partial charge on any atom is 0.331 e. The van der Waals surface area contributed by atoms with Crippen LogP contribution < -0.4 is 10.2 Å². The Morgan fingerprint density at radius 2 is 2.04 bits per heavy atom. The Morgan fingerprint density at radius 1 is 1.21 bits per heavy atom. The number of aryl methyl sites for hydroxylation is 2. The van der Waals surface area contributed by atoms with Gasteiger partial charge in [-0.25, -0.2) is 4.79 Å². The lowest BCUT2D eigenvalue weighted by Gasteiger charge is -2.23. The van der Waals surface area contributed by atoms with Gasteiger partial charge in [0.1, 0.15) is 5.84 Å². The van der Waals surface area contributed by atoms with Gasteiger partial charge < -0.3 is 5.32 Å². The van der Waals surface area contributed by atoms with Crippen molar-refractivity contribution in [2.24, 2.45) is 4.99 Å². The van der Waals surface area contributed by atoms with Crippen LogP contribution in [0.15, 0.2) is 53.5 Å². The topological polar surface area (TPSA) is 44.7 Å². The van der Waals surface area contributed by atoms with Crippen molar-refractivity contribution in [1.29, 1.82) is 0 Å². The molecule has 0 aliphatic carbocycles. The molecule has 0 bridgehead atoms. The number of rotatable bonds is 3. The molecule has 1 aliphatic rings. The molecule has 0 saturated carbocycles. The number of anilines is 2. The highest BCUT2D eigenvalue weighted by atomic mass is 16.2. The van der Waals surface area contributed by atoms with E-state index in [1.807, 2.05) is 43.3 Å². The Balaban J connectivity index is 1.90. The van der Waals surface area contributed by atoms with E-state index in [0.29, 0.717) is 0 Å². The van der Waals surface area contributed by atoms with Crippen molar-refractivity contribution in [2.45, 2.75) is 33.1 Å². The van der Waals surface area contributed by atoms with Gasteiger partial charge in [-0.15, -0.1) is 0 Å². The lowest BCUT2D eigenvalue weighted by molar-refractivity contribution is 0.259. The average molecular weight is 321 g/mol. The fourth-order valence-electron chi connectivity index (χ4n) is 2.91. The second-order valence-corrected chi connectivity index (χ2v) is 6.06. The van der Waals surface area contributed by atoms with E-state index in [-0.39, 0.29) is 6.03 Å². The summed E-state index contributed by atoms with van der Waals surface area (Å²) in [7, 11) is 0. The zero-order chi connectivity index (χ0) is 16.9. The van der Waals surface area contributed by atoms with Crippen molar-refractivity contribution in [2.75, 3.05) is 16.8 Å². The SMILES string of the molecule is CCc1cccc(N(C(=O)Nc2cccc(C)c2)C2=NCCC2)c1. The second kappa shape index (κ2) is 7.30. The summed E-state index contributed by atoms with van der Waals surface area (Å²) in [5.41, 5.74) is 4.00. The Kier molecular flexibility index (Phi) is 4.94. The third-order valence-corrected chi connectivity index (χ3v) is 4.16. The van der Waals surface area contributed by atoms with Gasteiger partial charge in [0.2, 0.25) is 0 Å². The molecule has 124 valence electrons. The molecule has 1 heterocycles. The number of nitrogens with zero attached hydrogens (tertiary/aromatic N) is 2. The van der Waals surface area contributed by atoms with E-state index in [1.54, 1.807) is 4.90 Å². The molecule has 0 atom stereocenters. The molecule has 1 N–H and O–H groups in total. The number of hydrogen-bond acceptors (Lipinski definition) is 2. The Labute approximate surface area is 143 Å². The number of aliphatic imine (C=N–C) groups is 1. The van der Waals surface area contributed by atoms with Crippen LogP contribution in [0.5, 0.6) is 0 Å². The molecule has 1 aliphatic heterocycles. The van der Waals surface area contributed by atoms with Crippen molar-refractivity contribution >= 4 is 23.2 Å². The highest BCUT2D eigenvalue weighted by molar-refractivity contribution is 6.20. The molecule has 2 amide bonds. The van der Waals surface area contributed by atoms with Crippen molar-refractivity contribution in [1.82, 2.24) is 0 Å². The van der Waals surface area contributed by atoms with Crippen molar-refractivity contribution < 1.29 is 4.79 Å². The van der Waals surface area contributed by atoms with Gasteiger partial charge in [-0.1, -0.05) is 31.2 Å². The number of benzene rings is 2. The molecule has 0 radical (unpaired) electrons. The second-order valence-electron chi connectivity index (χ2n) is 6.06. The number of carbonyl (C=O) groups excluding carboxylic acids is 1. The zero-order valence-corrected chi connectivity index (χ0v) is 14.2. The molecular weight excluding hydrogens is 298 g/mol. The maximum atomic E-state index is 12.9. The summed E-state index contributed by atoms with van der Waals surface area (Å²) in [5.74, 6) is 0.841. The van der Waals surface area contributed by atoms with Crippen molar-refractivity contribution in [3.05, 3.63) is 59.7 Å². The fraction of sp³-hybridized carbons (Fsp3) is 0.300. The number of hydrogen-bond donors (Lipinski definition) is 1. The van der Waals surface area contributed by atoms with E-state index in [4.69, 9.17) is 0 Å². The van der Waals surface area contributed by atoms with Gasteiger partial charge in [-0.2, -0.15) is 0 Å². The molecule has 0 saturated heterocycles. The first-order valence-electron chi connectivity index (χ1n) is 8.47. The first kappa shape index (κ1) is 16.2. The summed E-state index contributed by atoms with van der Waals surface area (Å²) in [6, 6.07) is 15.8. The van der Waals surface area contributed by atoms with Gasteiger partial charge in [0, 0.05) is 18.7 Å². The highest BCUT2D eigenvalue weighted by Gasteiger charge is 2.24. The number of amides is 2. The van der Waals surface area contributed by atoms with Gasteiger partial charge in [-0.05, 0) is 55.2 Å². The van der Waals surface area contributed by atoms with Crippen LogP contribution in [0.4, 0.5) is 16.2 Å². The quantitative estimate of drug-likeness (QED) is 0.868. The molecule has 0 fully saturated rings. The van der Waals surface area contributed by atoms with E-state index in [0.717, 1.165) is 48.6 Å². The summed E-state index contributed by atoms with van der Waals surface area (Å²) in [5, 5.41) is 3.00. The molecular formula is C20H23N3O. The van der Waals surface area contributed by atoms with Crippen LogP contribution >= 0.6 is 0 Å². The first-order chi connectivity index (χ1) is 11.7. The van der Waals surface area contributed by atoms with Gasteiger partial charge in [0.25, 0.3) is 0 Å². The number of nitrogens with one attached hydrogen (secondary N) is 1. The van der Waals surface area contributed by atoms with E-state index >= 15 is 0 Å². The number of urea groups is 1. The fourth-order valence-corrected chi connectivity index (χ4v) is 2.91. The van der Waals surface area contributed by atoms with E-state index in [2.05, 4.69) is 29.4 Å². The van der Waals surface area contributed by atoms with Crippen molar-refractivity contribution in [3.8, 4) is 0 Å². The standard InChI is InChI=1S/C20H23N3O/c1-3-16-8-5-10-18(14-16)23(19-11-6-12-21-19)20(24)22-17-9-4-7-15(2)13-17/h4-5,7-10,13-14H,3,6,11-12H2,1-2H3,(H,22,24). The van der Waals surface area contributed by atoms with Crippen LogP contribution in [-0.4, -0.2) is 18.4 Å². The average Bonchev–Trinajstić information content (AvgIpc) is 3.09. The predicted molar refractivity (Wildman–Crippen MR) is 100 cm³/mol. The Morgan fingerprint density at radius 3 is 2.75 bits per heavy atom. The van der Waals surface area contributed by atoms with E-state index < -0.39 is 0 Å². The molecule has 24 heavy (non-hydrogen) atoms. The van der Waals surface area contributed by atoms with E-state index in [9.17, 15) is 4.79 Å². The molecule has 3 rings (SSSR count). The van der Waals surface area contributed by atoms with Crippen LogP contribution in [0.1, 0.15) is 30.9 Å². The predicted octanol–water partition coefficient (Wildman–Crippen LogP) is 4.79. The lowest BCUT2D eigenvalue weighted by Crippen LogP contribution is -2.39. The highest BCUT2D eigenvalue weighted by Crippen LogP contribution is 2.22. The van der Waals surface area contributed by atoms with Crippen LogP contribution in [0.25, 0.3) is 0 Å². The Hall–Kier alpha value is -2.62. The minimum absolute atomic E-state index is 0.158. The smallest absolute Gasteiger partial charge is 0.307 e. The van der Waals surface area contributed by atoms with Crippen LogP contribution in [0, 0.1) is 6.92 Å². The number of carbonyl (C=O) groups is 1. The van der Waals surface area contributed by atoms with Crippen molar-refractivity contribution in [3.63, 3.8) is 0 Å². The molecule has 0 aromatic heterocycles. The maximum absolute atomic E-state index is 12.9. The van der Waals surface area contributed by atoms with Crippen LogP contribution in [0.2, 0.25) is 0 Å². The van der Waals surface area contributed by atoms with Gasteiger partial charge in [0.15, 0.2) is 0 Å². The zero-order valence-electron chi connectivity index (χ0n) is 14.2. The molecule has 4 nitrogen and oxygen atoms in total. The summed E-state index contributed by atoms with van der Waals surface area (Å²) in [6.07, 6.45) is 2.77. The summed E-state index contributed by atoms with van der Waals surface area (Å²) in [6.45, 7) is 4.92. The van der Waals surface area contributed by atoms with Gasteiger partial charge in [-0.3, -0.25) is 9.89 Å². The third-order valence-electron chi connectivity index (χ3n) is 4.16. The minimum Gasteiger partial charge on any atom is -0.307 e. The van der Waals surface area contributed by atoms with Gasteiger partial charge in [0.05, 0.1) is 5.69 Å². The van der Waals surface area contributed by atoms with Crippen LogP contribution in [0.3, 0.4) is 0 Å². The summed E-state index contributed by atoms with van der Waals surface area (Å²) < 4.78 is 0. The lowest BCUT2D eigenvalue weighted by atomic mass is 10.1. The van der Waals surface area contributed by atoms with Gasteiger partial charge >= 0.3 is 6.03 Å². The summed E-state index contributed by atoms with van der Waals surface area (Å²) in [4.78, 5) is 19.2.